The highest BCUT2D eigenvalue weighted by Crippen LogP contribution is 2.29. The molecule has 1 aliphatic heterocycles. The third-order valence-electron chi connectivity index (χ3n) is 4.39. The van der Waals surface area contributed by atoms with Crippen molar-refractivity contribution in [2.24, 2.45) is 5.92 Å². The first-order chi connectivity index (χ1) is 11.4. The van der Waals surface area contributed by atoms with Gasteiger partial charge >= 0.3 is 0 Å². The smallest absolute Gasteiger partial charge is 0.238 e. The maximum Gasteiger partial charge on any atom is 0.238 e. The number of likely N-dealkylation sites (N-methyl/N-ethyl adjacent to an activating group) is 1. The maximum atomic E-state index is 12.7. The third-order valence-corrected chi connectivity index (χ3v) is 4.39. The van der Waals surface area contributed by atoms with Gasteiger partial charge in [0.15, 0.2) is 5.78 Å². The molecule has 24 heavy (non-hydrogen) atoms. The zero-order valence-corrected chi connectivity index (χ0v) is 15.0. The van der Waals surface area contributed by atoms with Crippen LogP contribution in [0.4, 0.5) is 0 Å². The van der Waals surface area contributed by atoms with E-state index in [1.807, 2.05) is 44.2 Å². The Morgan fingerprint density at radius 2 is 1.83 bits per heavy atom. The summed E-state index contributed by atoms with van der Waals surface area (Å²) in [6.45, 7) is 6.31. The van der Waals surface area contributed by atoms with Gasteiger partial charge in [0.2, 0.25) is 5.91 Å². The number of hydrogen-bond acceptors (Lipinski definition) is 4. The number of nitrogens with one attached hydrogen (secondary N) is 2. The fourth-order valence-electron chi connectivity index (χ4n) is 2.77. The maximum absolute atomic E-state index is 12.7. The van der Waals surface area contributed by atoms with Crippen molar-refractivity contribution in [1.82, 2.24) is 10.6 Å². The van der Waals surface area contributed by atoms with Crippen LogP contribution in [0.1, 0.15) is 32.8 Å². The summed E-state index contributed by atoms with van der Waals surface area (Å²) in [6.07, 6.45) is 1.20. The molecule has 0 aromatic heterocycles. The van der Waals surface area contributed by atoms with Crippen molar-refractivity contribution in [3.05, 3.63) is 35.9 Å². The molecule has 1 heterocycles. The number of hydrogen-bond donors (Lipinski definition) is 2. The Morgan fingerprint density at radius 3 is 2.33 bits per heavy atom. The fourth-order valence-corrected chi connectivity index (χ4v) is 2.77. The zero-order valence-electron chi connectivity index (χ0n) is 15.0. The summed E-state index contributed by atoms with van der Waals surface area (Å²) >= 11 is 0. The van der Waals surface area contributed by atoms with Crippen molar-refractivity contribution >= 4 is 11.7 Å². The molecule has 0 radical (unpaired) electrons. The molecule has 2 rings (SSSR count). The van der Waals surface area contributed by atoms with E-state index in [9.17, 15) is 9.59 Å². The summed E-state index contributed by atoms with van der Waals surface area (Å²) in [5.41, 5.74) is 0.359. The Balaban J connectivity index is 2.03. The van der Waals surface area contributed by atoms with Gasteiger partial charge in [-0.05, 0) is 38.3 Å². The van der Waals surface area contributed by atoms with E-state index in [1.165, 1.54) is 0 Å². The molecule has 1 aromatic carbocycles. The van der Waals surface area contributed by atoms with Crippen molar-refractivity contribution in [3.8, 4) is 0 Å². The average molecular weight is 332 g/mol. The molecular weight excluding hydrogens is 304 g/mol. The lowest BCUT2D eigenvalue weighted by Gasteiger charge is -2.24. The van der Waals surface area contributed by atoms with Crippen LogP contribution in [0.3, 0.4) is 0 Å². The largest absolute Gasteiger partial charge is 0.361 e. The van der Waals surface area contributed by atoms with Crippen LogP contribution in [-0.2, 0) is 20.7 Å². The Hall–Kier alpha value is -1.72. The van der Waals surface area contributed by atoms with Gasteiger partial charge in [0.25, 0.3) is 0 Å². The molecular formula is C19H28N2O3. The second-order valence-electron chi connectivity index (χ2n) is 7.11. The monoisotopic (exact) mass is 332 g/mol. The van der Waals surface area contributed by atoms with Crippen molar-refractivity contribution in [1.29, 1.82) is 0 Å². The summed E-state index contributed by atoms with van der Waals surface area (Å²) in [5.74, 6) is 0.132. The number of epoxide rings is 1. The number of carbonyl (C=O) groups excluding carboxylic acids is 2. The standard InChI is InChI=1S/C19H28N2O3/c1-13(2)10-15(17(22)19(3)12-24-19)21-18(23)16(20-4)11-14-8-6-5-7-9-14/h5-9,13,15-16,20H,10-12H2,1-4H3,(H,21,23)/t15?,16-,19?/m0/s1. The van der Waals surface area contributed by atoms with E-state index in [-0.39, 0.29) is 17.7 Å². The van der Waals surface area contributed by atoms with Gasteiger partial charge in [-0.15, -0.1) is 0 Å². The zero-order chi connectivity index (χ0) is 17.7. The van der Waals surface area contributed by atoms with Crippen LogP contribution >= 0.6 is 0 Å². The lowest BCUT2D eigenvalue weighted by atomic mass is 9.93. The highest BCUT2D eigenvalue weighted by atomic mass is 16.6. The molecule has 0 aliphatic carbocycles. The first-order valence-corrected chi connectivity index (χ1v) is 8.55. The minimum atomic E-state index is -0.721. The van der Waals surface area contributed by atoms with E-state index in [2.05, 4.69) is 10.6 Å². The second-order valence-corrected chi connectivity index (χ2v) is 7.11. The molecule has 3 atom stereocenters. The molecule has 0 bridgehead atoms. The predicted molar refractivity (Wildman–Crippen MR) is 93.7 cm³/mol. The molecule has 5 nitrogen and oxygen atoms in total. The van der Waals surface area contributed by atoms with Gasteiger partial charge in [0, 0.05) is 0 Å². The molecule has 2 unspecified atom stereocenters. The number of amides is 1. The molecule has 2 N–H and O–H groups in total. The van der Waals surface area contributed by atoms with Crippen molar-refractivity contribution in [2.45, 2.75) is 51.3 Å². The number of ketones is 1. The van der Waals surface area contributed by atoms with Gasteiger partial charge in [-0.3, -0.25) is 9.59 Å². The molecule has 5 heteroatoms. The van der Waals surface area contributed by atoms with Crippen LogP contribution in [0.15, 0.2) is 30.3 Å². The second kappa shape index (κ2) is 7.90. The summed E-state index contributed by atoms with van der Waals surface area (Å²) in [6, 6.07) is 8.97. The van der Waals surface area contributed by atoms with E-state index in [0.29, 0.717) is 25.4 Å². The number of benzene rings is 1. The number of carbonyl (C=O) groups is 2. The quantitative estimate of drug-likeness (QED) is 0.675. The van der Waals surface area contributed by atoms with E-state index >= 15 is 0 Å². The number of rotatable bonds is 9. The topological polar surface area (TPSA) is 70.7 Å². The van der Waals surface area contributed by atoms with E-state index < -0.39 is 11.6 Å². The molecule has 0 saturated carbocycles. The minimum Gasteiger partial charge on any atom is -0.361 e. The van der Waals surface area contributed by atoms with E-state index in [4.69, 9.17) is 4.74 Å². The summed E-state index contributed by atoms with van der Waals surface area (Å²) < 4.78 is 5.27. The lowest BCUT2D eigenvalue weighted by molar-refractivity contribution is -0.131. The van der Waals surface area contributed by atoms with E-state index in [1.54, 1.807) is 14.0 Å². The van der Waals surface area contributed by atoms with Crippen molar-refractivity contribution in [2.75, 3.05) is 13.7 Å². The predicted octanol–water partition coefficient (Wildman–Crippen LogP) is 1.71. The molecule has 1 saturated heterocycles. The van der Waals surface area contributed by atoms with Crippen LogP contribution in [0.5, 0.6) is 0 Å². The fraction of sp³-hybridized carbons (Fsp3) is 0.579. The third kappa shape index (κ3) is 4.89. The van der Waals surface area contributed by atoms with Crippen LogP contribution < -0.4 is 10.6 Å². The lowest BCUT2D eigenvalue weighted by Crippen LogP contribution is -2.52. The Labute approximate surface area is 144 Å². The Morgan fingerprint density at radius 1 is 1.21 bits per heavy atom. The first-order valence-electron chi connectivity index (χ1n) is 8.55. The number of ether oxygens (including phenoxy) is 1. The normalized spacial score (nSPS) is 22.0. The van der Waals surface area contributed by atoms with Crippen LogP contribution in [0, 0.1) is 5.92 Å². The van der Waals surface area contributed by atoms with Gasteiger partial charge in [-0.25, -0.2) is 0 Å². The molecule has 0 spiro atoms. The molecule has 132 valence electrons. The molecule has 1 aromatic rings. The molecule has 1 fully saturated rings. The van der Waals surface area contributed by atoms with Crippen molar-refractivity contribution < 1.29 is 14.3 Å². The molecule has 1 amide bonds. The Kier molecular flexibility index (Phi) is 6.13. The summed E-state index contributed by atoms with van der Waals surface area (Å²) in [5, 5.41) is 5.98. The van der Waals surface area contributed by atoms with Crippen LogP contribution in [0.25, 0.3) is 0 Å². The highest BCUT2D eigenvalue weighted by Gasteiger charge is 2.50. The summed E-state index contributed by atoms with van der Waals surface area (Å²) in [4.78, 5) is 25.3. The SMILES string of the molecule is CN[C@@H](Cc1ccccc1)C(=O)NC(CC(C)C)C(=O)C1(C)CO1. The highest BCUT2D eigenvalue weighted by molar-refractivity contribution is 5.97. The minimum absolute atomic E-state index is 0.0286. The summed E-state index contributed by atoms with van der Waals surface area (Å²) in [7, 11) is 1.76. The molecule has 1 aliphatic rings. The van der Waals surface area contributed by atoms with Gasteiger partial charge in [-0.2, -0.15) is 0 Å². The average Bonchev–Trinajstić information content (AvgIpc) is 3.30. The van der Waals surface area contributed by atoms with Gasteiger partial charge in [0.05, 0.1) is 18.7 Å². The Bertz CT molecular complexity index is 567. The van der Waals surface area contributed by atoms with Gasteiger partial charge in [0.1, 0.15) is 5.60 Å². The van der Waals surface area contributed by atoms with Gasteiger partial charge < -0.3 is 15.4 Å². The number of Topliss-reactive ketones (excluding diaryl/α,β-unsaturated/α-hetero) is 1. The van der Waals surface area contributed by atoms with Crippen LogP contribution in [-0.4, -0.2) is 43.0 Å². The van der Waals surface area contributed by atoms with E-state index in [0.717, 1.165) is 5.56 Å². The van der Waals surface area contributed by atoms with Gasteiger partial charge in [-0.1, -0.05) is 44.2 Å². The van der Waals surface area contributed by atoms with Crippen molar-refractivity contribution in [3.63, 3.8) is 0 Å². The van der Waals surface area contributed by atoms with Crippen LogP contribution in [0.2, 0.25) is 0 Å². The first kappa shape index (κ1) is 18.6.